The van der Waals surface area contributed by atoms with E-state index in [0.29, 0.717) is 23.6 Å². The van der Waals surface area contributed by atoms with E-state index < -0.39 is 0 Å². The highest BCUT2D eigenvalue weighted by atomic mass is 79.9. The smallest absolute Gasteiger partial charge is 0.287 e. The molecule has 0 bridgehead atoms. The van der Waals surface area contributed by atoms with Crippen LogP contribution in [0.1, 0.15) is 36.2 Å². The van der Waals surface area contributed by atoms with Gasteiger partial charge in [-0.1, -0.05) is 0 Å². The van der Waals surface area contributed by atoms with E-state index in [4.69, 9.17) is 13.9 Å². The Balaban J connectivity index is 1.49. The van der Waals surface area contributed by atoms with E-state index in [1.165, 1.54) is 0 Å². The normalized spacial score (nSPS) is 25.0. The first-order chi connectivity index (χ1) is 9.17. The summed E-state index contributed by atoms with van der Waals surface area (Å²) in [6.07, 6.45) is 4.16. The van der Waals surface area contributed by atoms with Gasteiger partial charge in [0, 0.05) is 19.4 Å². The maximum atomic E-state index is 11.8. The van der Waals surface area contributed by atoms with E-state index in [2.05, 4.69) is 21.2 Å². The summed E-state index contributed by atoms with van der Waals surface area (Å²) < 4.78 is 17.4. The van der Waals surface area contributed by atoms with Gasteiger partial charge in [0.2, 0.25) is 0 Å². The molecular formula is C13H16BrNO4. The van der Waals surface area contributed by atoms with Gasteiger partial charge in [-0.2, -0.15) is 0 Å². The van der Waals surface area contributed by atoms with Crippen molar-refractivity contribution in [2.24, 2.45) is 0 Å². The third kappa shape index (κ3) is 2.85. The predicted molar refractivity (Wildman–Crippen MR) is 70.8 cm³/mol. The number of carbonyl (C=O) groups excluding carboxylic acids is 1. The van der Waals surface area contributed by atoms with Crippen LogP contribution in [0.15, 0.2) is 21.2 Å². The molecule has 1 amide bonds. The van der Waals surface area contributed by atoms with Gasteiger partial charge < -0.3 is 19.2 Å². The minimum atomic E-state index is -0.372. The molecule has 1 saturated heterocycles. The summed E-state index contributed by atoms with van der Waals surface area (Å²) in [5.74, 6) is -0.314. The molecule has 0 aromatic carbocycles. The molecule has 6 heteroatoms. The van der Waals surface area contributed by atoms with Gasteiger partial charge in [-0.15, -0.1) is 0 Å². The molecule has 104 valence electrons. The summed E-state index contributed by atoms with van der Waals surface area (Å²) >= 11 is 3.17. The number of rotatable bonds is 3. The average molecular weight is 330 g/mol. The van der Waals surface area contributed by atoms with Crippen LogP contribution in [0.5, 0.6) is 0 Å². The molecule has 1 aromatic rings. The number of hydrogen-bond donors (Lipinski definition) is 1. The van der Waals surface area contributed by atoms with Crippen LogP contribution in [0.3, 0.4) is 0 Å². The molecule has 1 aromatic heterocycles. The number of ether oxygens (including phenoxy) is 2. The highest BCUT2D eigenvalue weighted by molar-refractivity contribution is 9.10. The Bertz CT molecular complexity index is 467. The molecule has 1 aliphatic heterocycles. The zero-order chi connectivity index (χ0) is 13.3. The fourth-order valence-electron chi connectivity index (χ4n) is 2.62. The monoisotopic (exact) mass is 329 g/mol. The molecule has 3 rings (SSSR count). The molecule has 1 spiro atoms. The predicted octanol–water partition coefficient (Wildman–Crippen LogP) is 2.46. The van der Waals surface area contributed by atoms with E-state index in [0.717, 1.165) is 25.7 Å². The van der Waals surface area contributed by atoms with Crippen molar-refractivity contribution in [2.45, 2.75) is 37.6 Å². The highest BCUT2D eigenvalue weighted by Gasteiger charge is 2.43. The number of halogens is 1. The summed E-state index contributed by atoms with van der Waals surface area (Å²) in [4.78, 5) is 11.8. The molecule has 2 heterocycles. The summed E-state index contributed by atoms with van der Waals surface area (Å²) in [6.45, 7) is 0.987. The molecule has 5 nitrogen and oxygen atoms in total. The Morgan fingerprint density at radius 1 is 1.42 bits per heavy atom. The van der Waals surface area contributed by atoms with Gasteiger partial charge in [-0.3, -0.25) is 4.79 Å². The zero-order valence-electron chi connectivity index (χ0n) is 10.5. The average Bonchev–Trinajstić information content (AvgIpc) is 3.10. The summed E-state index contributed by atoms with van der Waals surface area (Å²) in [7, 11) is 0. The maximum Gasteiger partial charge on any atom is 0.287 e. The molecule has 2 fully saturated rings. The lowest BCUT2D eigenvalue weighted by Gasteiger charge is -2.21. The van der Waals surface area contributed by atoms with Crippen molar-refractivity contribution in [1.82, 2.24) is 5.32 Å². The van der Waals surface area contributed by atoms with Gasteiger partial charge in [0.15, 0.2) is 16.2 Å². The lowest BCUT2D eigenvalue weighted by atomic mass is 10.2. The van der Waals surface area contributed by atoms with Crippen LogP contribution in [-0.4, -0.2) is 30.9 Å². The number of hydrogen-bond acceptors (Lipinski definition) is 4. The first-order valence-corrected chi connectivity index (χ1v) is 7.31. The van der Waals surface area contributed by atoms with Crippen molar-refractivity contribution in [3.8, 4) is 0 Å². The fraction of sp³-hybridized carbons (Fsp3) is 0.615. The summed E-state index contributed by atoms with van der Waals surface area (Å²) in [5.41, 5.74) is 0. The van der Waals surface area contributed by atoms with E-state index in [1.807, 2.05) is 0 Å². The SMILES string of the molecule is O=C(NC[C@H]1COC2(CCCC2)O1)c1ccc(Br)o1. The molecular weight excluding hydrogens is 314 g/mol. The maximum absolute atomic E-state index is 11.8. The molecule has 0 radical (unpaired) electrons. The van der Waals surface area contributed by atoms with E-state index in [-0.39, 0.29) is 17.8 Å². The van der Waals surface area contributed by atoms with E-state index >= 15 is 0 Å². The van der Waals surface area contributed by atoms with Crippen LogP contribution in [0, 0.1) is 0 Å². The lowest BCUT2D eigenvalue weighted by Crippen LogP contribution is -2.35. The Kier molecular flexibility index (Phi) is 3.64. The first kappa shape index (κ1) is 13.1. The van der Waals surface area contributed by atoms with Gasteiger partial charge in [-0.25, -0.2) is 0 Å². The largest absolute Gasteiger partial charge is 0.444 e. The highest BCUT2D eigenvalue weighted by Crippen LogP contribution is 2.38. The molecule has 0 unspecified atom stereocenters. The van der Waals surface area contributed by atoms with Crippen molar-refractivity contribution >= 4 is 21.8 Å². The lowest BCUT2D eigenvalue weighted by molar-refractivity contribution is -0.161. The van der Waals surface area contributed by atoms with Crippen molar-refractivity contribution in [3.05, 3.63) is 22.6 Å². The van der Waals surface area contributed by atoms with Crippen LogP contribution < -0.4 is 5.32 Å². The second-order valence-electron chi connectivity index (χ2n) is 4.98. The third-order valence-electron chi connectivity index (χ3n) is 3.57. The van der Waals surface area contributed by atoms with Crippen molar-refractivity contribution in [1.29, 1.82) is 0 Å². The van der Waals surface area contributed by atoms with Gasteiger partial charge in [-0.05, 0) is 40.9 Å². The molecule has 2 aliphatic rings. The van der Waals surface area contributed by atoms with Gasteiger partial charge in [0.25, 0.3) is 5.91 Å². The fourth-order valence-corrected chi connectivity index (χ4v) is 2.93. The minimum Gasteiger partial charge on any atom is -0.444 e. The Labute approximate surface area is 119 Å². The van der Waals surface area contributed by atoms with Gasteiger partial charge in [0.1, 0.15) is 6.10 Å². The molecule has 19 heavy (non-hydrogen) atoms. The van der Waals surface area contributed by atoms with Crippen molar-refractivity contribution in [2.75, 3.05) is 13.2 Å². The Morgan fingerprint density at radius 3 is 2.89 bits per heavy atom. The van der Waals surface area contributed by atoms with E-state index in [1.54, 1.807) is 12.1 Å². The summed E-state index contributed by atoms with van der Waals surface area (Å²) in [6, 6.07) is 3.32. The van der Waals surface area contributed by atoms with Crippen molar-refractivity contribution < 1.29 is 18.7 Å². The zero-order valence-corrected chi connectivity index (χ0v) is 12.1. The third-order valence-corrected chi connectivity index (χ3v) is 3.99. The Morgan fingerprint density at radius 2 is 2.21 bits per heavy atom. The number of nitrogens with one attached hydrogen (secondary N) is 1. The van der Waals surface area contributed by atoms with Crippen LogP contribution in [0.4, 0.5) is 0 Å². The van der Waals surface area contributed by atoms with Crippen molar-refractivity contribution in [3.63, 3.8) is 0 Å². The van der Waals surface area contributed by atoms with Gasteiger partial charge in [0.05, 0.1) is 6.61 Å². The number of carbonyl (C=O) groups is 1. The molecule has 1 saturated carbocycles. The molecule has 1 aliphatic carbocycles. The second kappa shape index (κ2) is 5.26. The number of furan rings is 1. The quantitative estimate of drug-likeness (QED) is 0.925. The molecule has 1 N–H and O–H groups in total. The molecule has 1 atom stereocenters. The second-order valence-corrected chi connectivity index (χ2v) is 5.76. The first-order valence-electron chi connectivity index (χ1n) is 6.52. The Hall–Kier alpha value is -0.850. The van der Waals surface area contributed by atoms with Gasteiger partial charge >= 0.3 is 0 Å². The minimum absolute atomic E-state index is 0.0690. The standard InChI is InChI=1S/C13H16BrNO4/c14-11-4-3-10(18-11)12(16)15-7-9-8-17-13(19-9)5-1-2-6-13/h3-4,9H,1-2,5-8H2,(H,15,16)/t9-/m0/s1. The topological polar surface area (TPSA) is 60.7 Å². The van der Waals surface area contributed by atoms with Crippen LogP contribution in [0.25, 0.3) is 0 Å². The van der Waals surface area contributed by atoms with Crippen LogP contribution in [0.2, 0.25) is 0 Å². The van der Waals surface area contributed by atoms with Crippen LogP contribution in [-0.2, 0) is 9.47 Å². The summed E-state index contributed by atoms with van der Waals surface area (Å²) in [5, 5.41) is 2.80. The van der Waals surface area contributed by atoms with Crippen LogP contribution >= 0.6 is 15.9 Å². The number of amides is 1. The van der Waals surface area contributed by atoms with E-state index in [9.17, 15) is 4.79 Å².